The van der Waals surface area contributed by atoms with E-state index in [1.54, 1.807) is 0 Å². The lowest BCUT2D eigenvalue weighted by Gasteiger charge is -2.21. The highest BCUT2D eigenvalue weighted by atomic mass is 79.9. The Bertz CT molecular complexity index is 333. The molecule has 0 aliphatic carbocycles. The number of hydrogen-bond donors (Lipinski definition) is 0. The molecule has 1 nitrogen and oxygen atoms in total. The molecule has 82 valence electrons. The molecule has 0 saturated carbocycles. The Hall–Kier alpha value is -0.0500. The topological polar surface area (TPSA) is 3.24 Å². The quantitative estimate of drug-likeness (QED) is 0.792. The van der Waals surface area contributed by atoms with Gasteiger partial charge in [-0.2, -0.15) is 0 Å². The van der Waals surface area contributed by atoms with Crippen LogP contribution in [0.5, 0.6) is 0 Å². The zero-order valence-electron chi connectivity index (χ0n) is 8.84. The van der Waals surface area contributed by atoms with E-state index < -0.39 is 0 Å². The first kappa shape index (κ1) is 11.4. The molecule has 1 aliphatic rings. The average molecular weight is 289 g/mol. The van der Waals surface area contributed by atoms with Crippen molar-refractivity contribution < 1.29 is 0 Å². The summed E-state index contributed by atoms with van der Waals surface area (Å²) in [5, 5.41) is 0.811. The van der Waals surface area contributed by atoms with Crippen molar-refractivity contribution in [3.05, 3.63) is 33.3 Å². The first-order valence-corrected chi connectivity index (χ1v) is 6.51. The van der Waals surface area contributed by atoms with Crippen molar-refractivity contribution in [1.82, 2.24) is 4.90 Å². The maximum absolute atomic E-state index is 6.02. The molecule has 1 saturated heterocycles. The molecule has 0 radical (unpaired) electrons. The Kier molecular flexibility index (Phi) is 3.70. The average Bonchev–Trinajstić information content (AvgIpc) is 2.50. The van der Waals surface area contributed by atoms with E-state index in [0.29, 0.717) is 6.04 Å². The van der Waals surface area contributed by atoms with Crippen LogP contribution in [0.2, 0.25) is 5.02 Å². The maximum atomic E-state index is 6.02. The summed E-state index contributed by atoms with van der Waals surface area (Å²) in [5.74, 6) is 0. The van der Waals surface area contributed by atoms with Crippen LogP contribution in [-0.2, 0) is 6.54 Å². The number of halogens is 2. The van der Waals surface area contributed by atoms with E-state index >= 15 is 0 Å². The number of rotatable bonds is 2. The molecule has 1 aliphatic heterocycles. The summed E-state index contributed by atoms with van der Waals surface area (Å²) in [6, 6.07) is 6.84. The fourth-order valence-electron chi connectivity index (χ4n) is 2.16. The molecule has 0 amide bonds. The first-order chi connectivity index (χ1) is 7.15. The molecule has 1 heterocycles. The van der Waals surface area contributed by atoms with Gasteiger partial charge in [-0.25, -0.2) is 0 Å². The van der Waals surface area contributed by atoms with Gasteiger partial charge in [-0.15, -0.1) is 0 Å². The second kappa shape index (κ2) is 4.86. The molecule has 1 aromatic rings. The summed E-state index contributed by atoms with van der Waals surface area (Å²) in [4.78, 5) is 2.51. The lowest BCUT2D eigenvalue weighted by Crippen LogP contribution is -2.26. The second-order valence-corrected chi connectivity index (χ2v) is 5.59. The zero-order chi connectivity index (χ0) is 10.8. The Morgan fingerprint density at radius 3 is 2.87 bits per heavy atom. The van der Waals surface area contributed by atoms with Crippen LogP contribution >= 0.6 is 27.5 Å². The SMILES string of the molecule is C[C@H]1CCCN1Cc1cc(Cl)cc(Br)c1. The van der Waals surface area contributed by atoms with Crippen molar-refractivity contribution >= 4 is 27.5 Å². The molecule has 0 aromatic heterocycles. The van der Waals surface area contributed by atoms with Gasteiger partial charge in [0.25, 0.3) is 0 Å². The smallest absolute Gasteiger partial charge is 0.0420 e. The van der Waals surface area contributed by atoms with Crippen LogP contribution in [0.25, 0.3) is 0 Å². The molecule has 0 N–H and O–H groups in total. The Labute approximate surface area is 105 Å². The minimum atomic E-state index is 0.711. The van der Waals surface area contributed by atoms with Crippen molar-refractivity contribution in [3.8, 4) is 0 Å². The van der Waals surface area contributed by atoms with E-state index in [1.165, 1.54) is 24.9 Å². The van der Waals surface area contributed by atoms with Gasteiger partial charge < -0.3 is 0 Å². The summed E-state index contributed by atoms with van der Waals surface area (Å²) in [6.45, 7) is 4.53. The Balaban J connectivity index is 2.10. The van der Waals surface area contributed by atoms with E-state index in [1.807, 2.05) is 6.07 Å². The highest BCUT2D eigenvalue weighted by molar-refractivity contribution is 9.10. The van der Waals surface area contributed by atoms with Crippen molar-refractivity contribution in [1.29, 1.82) is 0 Å². The fraction of sp³-hybridized carbons (Fsp3) is 0.500. The highest BCUT2D eigenvalue weighted by Gasteiger charge is 2.20. The first-order valence-electron chi connectivity index (χ1n) is 5.34. The van der Waals surface area contributed by atoms with Crippen molar-refractivity contribution in [3.63, 3.8) is 0 Å². The Morgan fingerprint density at radius 2 is 2.27 bits per heavy atom. The molecule has 3 heteroatoms. The summed E-state index contributed by atoms with van der Waals surface area (Å²) >= 11 is 9.50. The van der Waals surface area contributed by atoms with Crippen LogP contribution < -0.4 is 0 Å². The predicted molar refractivity (Wildman–Crippen MR) is 68.3 cm³/mol. The van der Waals surface area contributed by atoms with E-state index in [0.717, 1.165) is 16.0 Å². The largest absolute Gasteiger partial charge is 0.296 e. The zero-order valence-corrected chi connectivity index (χ0v) is 11.2. The van der Waals surface area contributed by atoms with Gasteiger partial charge in [-0.3, -0.25) is 4.90 Å². The molecule has 2 rings (SSSR count). The second-order valence-electron chi connectivity index (χ2n) is 4.24. The molecule has 0 unspecified atom stereocenters. The van der Waals surface area contributed by atoms with Gasteiger partial charge in [0.2, 0.25) is 0 Å². The number of benzene rings is 1. The molecule has 0 bridgehead atoms. The Morgan fingerprint density at radius 1 is 1.47 bits per heavy atom. The summed E-state index contributed by atoms with van der Waals surface area (Å²) in [6.07, 6.45) is 2.64. The summed E-state index contributed by atoms with van der Waals surface area (Å²) < 4.78 is 1.07. The maximum Gasteiger partial charge on any atom is 0.0420 e. The third-order valence-corrected chi connectivity index (χ3v) is 3.67. The van der Waals surface area contributed by atoms with E-state index in [-0.39, 0.29) is 0 Å². The third-order valence-electron chi connectivity index (χ3n) is 3.00. The van der Waals surface area contributed by atoms with Crippen LogP contribution in [0.3, 0.4) is 0 Å². The minimum Gasteiger partial charge on any atom is -0.296 e. The van der Waals surface area contributed by atoms with E-state index in [4.69, 9.17) is 11.6 Å². The number of nitrogens with zero attached hydrogens (tertiary/aromatic N) is 1. The van der Waals surface area contributed by atoms with Crippen LogP contribution in [0, 0.1) is 0 Å². The molecule has 1 atom stereocenters. The van der Waals surface area contributed by atoms with Gasteiger partial charge in [0, 0.05) is 22.1 Å². The normalized spacial score (nSPS) is 22.2. The van der Waals surface area contributed by atoms with Crippen LogP contribution in [0.1, 0.15) is 25.3 Å². The van der Waals surface area contributed by atoms with Crippen molar-refractivity contribution in [2.45, 2.75) is 32.4 Å². The van der Waals surface area contributed by atoms with Gasteiger partial charge in [-0.1, -0.05) is 27.5 Å². The number of likely N-dealkylation sites (tertiary alicyclic amines) is 1. The van der Waals surface area contributed by atoms with Crippen LogP contribution in [0.15, 0.2) is 22.7 Å². The van der Waals surface area contributed by atoms with Crippen molar-refractivity contribution in [2.24, 2.45) is 0 Å². The van der Waals surface area contributed by atoms with Crippen molar-refractivity contribution in [2.75, 3.05) is 6.54 Å². The lowest BCUT2D eigenvalue weighted by atomic mass is 10.2. The lowest BCUT2D eigenvalue weighted by molar-refractivity contribution is 0.260. The predicted octanol–water partition coefficient (Wildman–Crippen LogP) is 4.09. The molecular weight excluding hydrogens is 273 g/mol. The molecule has 1 fully saturated rings. The van der Waals surface area contributed by atoms with Gasteiger partial charge in [0.1, 0.15) is 0 Å². The van der Waals surface area contributed by atoms with Gasteiger partial charge in [-0.05, 0) is 50.1 Å². The van der Waals surface area contributed by atoms with Gasteiger partial charge in [0.15, 0.2) is 0 Å². The molecule has 0 spiro atoms. The molecular formula is C12H15BrClN. The van der Waals surface area contributed by atoms with E-state index in [2.05, 4.69) is 39.9 Å². The molecule has 1 aromatic carbocycles. The van der Waals surface area contributed by atoms with E-state index in [9.17, 15) is 0 Å². The standard InChI is InChI=1S/C12H15BrClN/c1-9-3-2-4-15(9)8-10-5-11(13)7-12(14)6-10/h5-7,9H,2-4,8H2,1H3/t9-/m0/s1. The van der Waals surface area contributed by atoms with Crippen LogP contribution in [-0.4, -0.2) is 17.5 Å². The monoisotopic (exact) mass is 287 g/mol. The third kappa shape index (κ3) is 2.96. The van der Waals surface area contributed by atoms with Crippen LogP contribution in [0.4, 0.5) is 0 Å². The highest BCUT2D eigenvalue weighted by Crippen LogP contribution is 2.24. The summed E-state index contributed by atoms with van der Waals surface area (Å²) in [7, 11) is 0. The fourth-order valence-corrected chi connectivity index (χ4v) is 3.09. The minimum absolute atomic E-state index is 0.711. The molecule has 15 heavy (non-hydrogen) atoms. The van der Waals surface area contributed by atoms with Gasteiger partial charge >= 0.3 is 0 Å². The number of hydrogen-bond acceptors (Lipinski definition) is 1. The van der Waals surface area contributed by atoms with Gasteiger partial charge in [0.05, 0.1) is 0 Å². The summed E-state index contributed by atoms with van der Waals surface area (Å²) in [5.41, 5.74) is 1.29.